The summed E-state index contributed by atoms with van der Waals surface area (Å²) in [6.07, 6.45) is 37.8. The Morgan fingerprint density at radius 2 is 0.786 bits per heavy atom. The molecule has 1 aromatic rings. The van der Waals surface area contributed by atoms with E-state index < -0.39 is 6.04 Å². The van der Waals surface area contributed by atoms with Crippen LogP contribution in [-0.4, -0.2) is 50.8 Å². The highest BCUT2D eigenvalue weighted by molar-refractivity contribution is 5.95. The number of nitrogens with two attached hydrogens (primary N) is 1. The molecule has 0 bridgehead atoms. The van der Waals surface area contributed by atoms with Crippen molar-refractivity contribution in [1.29, 1.82) is 0 Å². The summed E-state index contributed by atoms with van der Waals surface area (Å²) in [5.74, 6) is 1.27. The van der Waals surface area contributed by atoms with E-state index in [-0.39, 0.29) is 18.4 Å². The van der Waals surface area contributed by atoms with E-state index in [1.165, 1.54) is 154 Å². The van der Waals surface area contributed by atoms with Crippen molar-refractivity contribution >= 4 is 11.8 Å². The fourth-order valence-electron chi connectivity index (χ4n) is 7.00. The molecule has 0 aliphatic rings. The zero-order valence-electron chi connectivity index (χ0n) is 37.1. The van der Waals surface area contributed by atoms with Crippen LogP contribution in [0.5, 0.6) is 17.2 Å². The number of nitrogens with one attached hydrogen (secondary N) is 2. The Morgan fingerprint density at radius 3 is 1.12 bits per heavy atom. The fourth-order valence-corrected chi connectivity index (χ4v) is 7.00. The van der Waals surface area contributed by atoms with E-state index in [2.05, 4.69) is 31.4 Å². The summed E-state index contributed by atoms with van der Waals surface area (Å²) in [5, 5.41) is 5.69. The summed E-state index contributed by atoms with van der Waals surface area (Å²) in [6.45, 7) is 10.8. The number of rotatable bonds is 41. The van der Waals surface area contributed by atoms with E-state index in [1.807, 2.05) is 0 Å². The molecule has 0 spiro atoms. The van der Waals surface area contributed by atoms with Gasteiger partial charge in [-0.15, -0.1) is 0 Å². The molecule has 1 atom stereocenters. The first-order valence-corrected chi connectivity index (χ1v) is 23.8. The third-order valence-corrected chi connectivity index (χ3v) is 10.7. The second kappa shape index (κ2) is 38.1. The first-order valence-electron chi connectivity index (χ1n) is 23.8. The van der Waals surface area contributed by atoms with Crippen LogP contribution >= 0.6 is 0 Å². The van der Waals surface area contributed by atoms with Crippen LogP contribution in [0.25, 0.3) is 0 Å². The van der Waals surface area contributed by atoms with Gasteiger partial charge in [0.05, 0.1) is 25.9 Å². The van der Waals surface area contributed by atoms with E-state index >= 15 is 0 Å². The molecule has 56 heavy (non-hydrogen) atoms. The fraction of sp³-hybridized carbons (Fsp3) is 0.833. The quantitative estimate of drug-likeness (QED) is 0.0570. The maximum Gasteiger partial charge on any atom is 0.251 e. The number of ether oxygens (including phenoxy) is 3. The van der Waals surface area contributed by atoms with Crippen molar-refractivity contribution in [2.75, 3.05) is 32.9 Å². The van der Waals surface area contributed by atoms with Gasteiger partial charge in [0, 0.05) is 18.7 Å². The number of carbonyl (C=O) groups is 2. The molecule has 2 amide bonds. The molecule has 0 saturated heterocycles. The Morgan fingerprint density at radius 1 is 0.482 bits per heavy atom. The molecule has 0 unspecified atom stereocenters. The Hall–Kier alpha value is -2.48. The van der Waals surface area contributed by atoms with Crippen LogP contribution in [0.1, 0.15) is 231 Å². The summed E-state index contributed by atoms with van der Waals surface area (Å²) in [5.41, 5.74) is 6.13. The lowest BCUT2D eigenvalue weighted by Crippen LogP contribution is -2.42. The summed E-state index contributed by atoms with van der Waals surface area (Å²) in [6, 6.07) is 3.00. The molecule has 0 fully saturated rings. The van der Waals surface area contributed by atoms with E-state index in [0.29, 0.717) is 49.2 Å². The predicted octanol–water partition coefficient (Wildman–Crippen LogP) is 12.8. The van der Waals surface area contributed by atoms with Crippen LogP contribution < -0.4 is 30.6 Å². The molecular formula is C48H89N3O5. The second-order valence-corrected chi connectivity index (χ2v) is 16.2. The lowest BCUT2D eigenvalue weighted by atomic mass is 10.1. The van der Waals surface area contributed by atoms with Crippen molar-refractivity contribution < 1.29 is 23.8 Å². The van der Waals surface area contributed by atoms with Crippen LogP contribution in [0.4, 0.5) is 0 Å². The van der Waals surface area contributed by atoms with Crippen LogP contribution in [0.2, 0.25) is 0 Å². The molecule has 8 heteroatoms. The lowest BCUT2D eigenvalue weighted by molar-refractivity contribution is -0.121. The summed E-state index contributed by atoms with van der Waals surface area (Å²) >= 11 is 0. The van der Waals surface area contributed by atoms with Crippen molar-refractivity contribution in [2.24, 2.45) is 5.73 Å². The number of hydrogen-bond donors (Lipinski definition) is 3. The molecule has 8 nitrogen and oxygen atoms in total. The van der Waals surface area contributed by atoms with Crippen molar-refractivity contribution in [3.05, 3.63) is 17.7 Å². The summed E-state index contributed by atoms with van der Waals surface area (Å²) in [4.78, 5) is 25.3. The SMILES string of the molecule is CCCCCCCCCCCCOc1cc(C(=O)NCCNC(=O)[C@@H](C)N)cc(OCCCCCCCCCCCC)c1OCCCCCCCCCCCC. The maximum atomic E-state index is 13.4. The highest BCUT2D eigenvalue weighted by Gasteiger charge is 2.19. The van der Waals surface area contributed by atoms with Crippen molar-refractivity contribution in [1.82, 2.24) is 10.6 Å². The highest BCUT2D eigenvalue weighted by atomic mass is 16.5. The van der Waals surface area contributed by atoms with Gasteiger partial charge in [-0.2, -0.15) is 0 Å². The highest BCUT2D eigenvalue weighted by Crippen LogP contribution is 2.40. The second-order valence-electron chi connectivity index (χ2n) is 16.2. The largest absolute Gasteiger partial charge is 0.490 e. The van der Waals surface area contributed by atoms with Crippen molar-refractivity contribution in [3.63, 3.8) is 0 Å². The van der Waals surface area contributed by atoms with Crippen LogP contribution in [0.15, 0.2) is 12.1 Å². The van der Waals surface area contributed by atoms with Gasteiger partial charge in [-0.3, -0.25) is 9.59 Å². The minimum absolute atomic E-state index is 0.242. The van der Waals surface area contributed by atoms with E-state index in [9.17, 15) is 9.59 Å². The van der Waals surface area contributed by atoms with E-state index in [0.717, 1.165) is 38.5 Å². The molecule has 0 radical (unpaired) electrons. The summed E-state index contributed by atoms with van der Waals surface area (Å²) in [7, 11) is 0. The van der Waals surface area contributed by atoms with Crippen molar-refractivity contribution in [2.45, 2.75) is 226 Å². The maximum absolute atomic E-state index is 13.4. The van der Waals surface area contributed by atoms with Crippen molar-refractivity contribution in [3.8, 4) is 17.2 Å². The molecule has 4 N–H and O–H groups in total. The predicted molar refractivity (Wildman–Crippen MR) is 237 cm³/mol. The lowest BCUT2D eigenvalue weighted by Gasteiger charge is -2.19. The van der Waals surface area contributed by atoms with Crippen LogP contribution in [0, 0.1) is 0 Å². The smallest absolute Gasteiger partial charge is 0.251 e. The molecule has 0 aliphatic carbocycles. The van der Waals surface area contributed by atoms with Gasteiger partial charge >= 0.3 is 0 Å². The van der Waals surface area contributed by atoms with Gasteiger partial charge < -0.3 is 30.6 Å². The standard InChI is InChI=1S/C48H89N3O5/c1-5-8-11-14-17-20-23-26-29-32-37-54-44-40-43(48(53)51-36-35-50-47(52)42(4)49)41-45(55-38-33-30-27-24-21-18-15-12-9-6-2)46(44)56-39-34-31-28-25-22-19-16-13-10-7-3/h40-42H,5-39,49H2,1-4H3,(H,50,52)(H,51,53)/t42-/m1/s1. The third kappa shape index (κ3) is 28.8. The van der Waals surface area contributed by atoms with Gasteiger partial charge in [-0.05, 0) is 38.3 Å². The number of carbonyl (C=O) groups excluding carboxylic acids is 2. The molecular weight excluding hydrogens is 699 g/mol. The van der Waals surface area contributed by atoms with E-state index in [1.54, 1.807) is 19.1 Å². The topological polar surface area (TPSA) is 112 Å². The average molecular weight is 788 g/mol. The van der Waals surface area contributed by atoms with Gasteiger partial charge in [0.15, 0.2) is 11.5 Å². The van der Waals surface area contributed by atoms with Gasteiger partial charge in [0.1, 0.15) is 0 Å². The van der Waals surface area contributed by atoms with Gasteiger partial charge in [0.2, 0.25) is 11.7 Å². The molecule has 326 valence electrons. The minimum Gasteiger partial charge on any atom is -0.490 e. The Kier molecular flexibility index (Phi) is 35.0. The zero-order chi connectivity index (χ0) is 40.7. The zero-order valence-corrected chi connectivity index (χ0v) is 37.1. The summed E-state index contributed by atoms with van der Waals surface area (Å²) < 4.78 is 19.3. The third-order valence-electron chi connectivity index (χ3n) is 10.7. The monoisotopic (exact) mass is 788 g/mol. The molecule has 0 heterocycles. The molecule has 0 saturated carbocycles. The Labute approximate surface area is 345 Å². The van der Waals surface area contributed by atoms with E-state index in [4.69, 9.17) is 19.9 Å². The molecule has 1 rings (SSSR count). The number of benzene rings is 1. The number of unbranched alkanes of at least 4 members (excludes halogenated alkanes) is 27. The molecule has 1 aromatic carbocycles. The van der Waals surface area contributed by atoms with Gasteiger partial charge in [0.25, 0.3) is 5.91 Å². The molecule has 0 aliphatic heterocycles. The first kappa shape index (κ1) is 51.5. The first-order chi connectivity index (χ1) is 27.4. The van der Waals surface area contributed by atoms with Gasteiger partial charge in [-0.1, -0.05) is 194 Å². The molecule has 0 aromatic heterocycles. The van der Waals surface area contributed by atoms with Gasteiger partial charge in [-0.25, -0.2) is 0 Å². The van der Waals surface area contributed by atoms with Crippen LogP contribution in [-0.2, 0) is 4.79 Å². The number of hydrogen-bond acceptors (Lipinski definition) is 6. The Balaban J connectivity index is 2.90. The minimum atomic E-state index is -0.593. The Bertz CT molecular complexity index is 1020. The van der Waals surface area contributed by atoms with Crippen LogP contribution in [0.3, 0.4) is 0 Å². The average Bonchev–Trinajstić information content (AvgIpc) is 3.19. The normalized spacial score (nSPS) is 11.7. The number of amides is 2.